The van der Waals surface area contributed by atoms with Gasteiger partial charge in [0.05, 0.1) is 11.7 Å². The Labute approximate surface area is 101 Å². The molecule has 0 saturated carbocycles. The molecule has 0 atom stereocenters. The molecule has 1 aromatic heterocycles. The number of nitrogen functional groups attached to an aromatic ring is 1. The summed E-state index contributed by atoms with van der Waals surface area (Å²) in [5.74, 6) is 0.0589. The van der Waals surface area contributed by atoms with Crippen LogP contribution in [0.15, 0.2) is 18.3 Å². The van der Waals surface area contributed by atoms with E-state index in [1.807, 2.05) is 13.8 Å². The number of hydrogen-bond donors (Lipinski definition) is 2. The molecule has 1 heterocycles. The smallest absolute Gasteiger partial charge is 0.255 e. The number of nitrogens with zero attached hydrogens (tertiary/aromatic N) is 1. The molecule has 1 rings (SSSR count). The first-order chi connectivity index (χ1) is 8.11. The molecule has 1 aromatic rings. The summed E-state index contributed by atoms with van der Waals surface area (Å²) in [5.41, 5.74) is 6.01. The number of carbonyl (C=O) groups is 1. The second-order valence-electron chi connectivity index (χ2n) is 3.97. The lowest BCUT2D eigenvalue weighted by Gasteiger charge is -2.08. The number of aromatic nitrogens is 1. The molecule has 0 aromatic carbocycles. The monoisotopic (exact) mass is 237 g/mol. The van der Waals surface area contributed by atoms with Gasteiger partial charge in [-0.25, -0.2) is 4.98 Å². The molecule has 0 aliphatic heterocycles. The quantitative estimate of drug-likeness (QED) is 0.729. The van der Waals surface area contributed by atoms with Crippen molar-refractivity contribution in [3.8, 4) is 0 Å². The molecule has 0 fully saturated rings. The van der Waals surface area contributed by atoms with Gasteiger partial charge in [-0.2, -0.15) is 0 Å². The fourth-order valence-corrected chi connectivity index (χ4v) is 1.30. The van der Waals surface area contributed by atoms with Gasteiger partial charge in [-0.3, -0.25) is 4.79 Å². The van der Waals surface area contributed by atoms with Crippen molar-refractivity contribution in [2.75, 3.05) is 18.9 Å². The van der Waals surface area contributed by atoms with E-state index >= 15 is 0 Å². The van der Waals surface area contributed by atoms with Crippen LogP contribution >= 0.6 is 0 Å². The first-order valence-electron chi connectivity index (χ1n) is 5.71. The molecule has 3 N–H and O–H groups in total. The first kappa shape index (κ1) is 13.4. The lowest BCUT2D eigenvalue weighted by atomic mass is 10.2. The van der Waals surface area contributed by atoms with Crippen LogP contribution in [0.25, 0.3) is 0 Å². The number of pyridine rings is 1. The summed E-state index contributed by atoms with van der Waals surface area (Å²) in [6, 6.07) is 3.34. The molecular weight excluding hydrogens is 218 g/mol. The number of hydrogen-bond acceptors (Lipinski definition) is 4. The second kappa shape index (κ2) is 6.85. The van der Waals surface area contributed by atoms with Crippen molar-refractivity contribution in [1.82, 2.24) is 10.3 Å². The van der Waals surface area contributed by atoms with E-state index in [2.05, 4.69) is 10.3 Å². The largest absolute Gasteiger partial charge is 0.383 e. The Kier molecular flexibility index (Phi) is 5.42. The third-order valence-electron chi connectivity index (χ3n) is 2.14. The Morgan fingerprint density at radius 1 is 1.59 bits per heavy atom. The third-order valence-corrected chi connectivity index (χ3v) is 2.14. The van der Waals surface area contributed by atoms with Gasteiger partial charge in [0.15, 0.2) is 0 Å². The standard InChI is InChI=1S/C12H19N3O2/c1-9(2)17-8-4-7-15-12(16)10-5-3-6-14-11(10)13/h3,5-6,9H,4,7-8H2,1-2H3,(H2,13,14)(H,15,16). The van der Waals surface area contributed by atoms with Crippen molar-refractivity contribution < 1.29 is 9.53 Å². The minimum atomic E-state index is -0.194. The van der Waals surface area contributed by atoms with Gasteiger partial charge in [0.1, 0.15) is 5.82 Å². The van der Waals surface area contributed by atoms with E-state index in [9.17, 15) is 4.79 Å². The van der Waals surface area contributed by atoms with Gasteiger partial charge in [0.2, 0.25) is 0 Å². The predicted molar refractivity (Wildman–Crippen MR) is 66.7 cm³/mol. The number of amides is 1. The molecule has 94 valence electrons. The van der Waals surface area contributed by atoms with Crippen LogP contribution in [0.2, 0.25) is 0 Å². The van der Waals surface area contributed by atoms with Crippen molar-refractivity contribution in [1.29, 1.82) is 0 Å². The van der Waals surface area contributed by atoms with Gasteiger partial charge >= 0.3 is 0 Å². The lowest BCUT2D eigenvalue weighted by molar-refractivity contribution is 0.0757. The summed E-state index contributed by atoms with van der Waals surface area (Å²) in [5, 5.41) is 2.77. The molecule has 0 radical (unpaired) electrons. The van der Waals surface area contributed by atoms with Gasteiger partial charge in [0.25, 0.3) is 5.91 Å². The molecular formula is C12H19N3O2. The van der Waals surface area contributed by atoms with Crippen LogP contribution in [0, 0.1) is 0 Å². The summed E-state index contributed by atoms with van der Waals surface area (Å²) in [6.45, 7) is 5.17. The van der Waals surface area contributed by atoms with Crippen LogP contribution in [0.5, 0.6) is 0 Å². The van der Waals surface area contributed by atoms with E-state index in [0.717, 1.165) is 6.42 Å². The van der Waals surface area contributed by atoms with Gasteiger partial charge in [-0.15, -0.1) is 0 Å². The van der Waals surface area contributed by atoms with Crippen LogP contribution in [0.3, 0.4) is 0 Å². The number of anilines is 1. The maximum atomic E-state index is 11.7. The zero-order valence-electron chi connectivity index (χ0n) is 10.3. The van der Waals surface area contributed by atoms with E-state index < -0.39 is 0 Å². The van der Waals surface area contributed by atoms with Crippen LogP contribution in [-0.2, 0) is 4.74 Å². The van der Waals surface area contributed by atoms with E-state index in [-0.39, 0.29) is 17.8 Å². The van der Waals surface area contributed by atoms with E-state index in [1.54, 1.807) is 18.3 Å². The molecule has 0 bridgehead atoms. The average Bonchev–Trinajstić information content (AvgIpc) is 2.28. The fraction of sp³-hybridized carbons (Fsp3) is 0.500. The summed E-state index contributed by atoms with van der Waals surface area (Å²) in [7, 11) is 0. The highest BCUT2D eigenvalue weighted by Gasteiger charge is 2.08. The Balaban J connectivity index is 2.29. The zero-order chi connectivity index (χ0) is 12.7. The van der Waals surface area contributed by atoms with Crippen LogP contribution < -0.4 is 11.1 Å². The molecule has 0 unspecified atom stereocenters. The summed E-state index contributed by atoms with van der Waals surface area (Å²) in [4.78, 5) is 15.6. The molecule has 0 aliphatic rings. The number of carbonyl (C=O) groups excluding carboxylic acids is 1. The molecule has 17 heavy (non-hydrogen) atoms. The SMILES string of the molecule is CC(C)OCCCNC(=O)c1cccnc1N. The molecule has 0 aliphatic carbocycles. The highest BCUT2D eigenvalue weighted by atomic mass is 16.5. The highest BCUT2D eigenvalue weighted by Crippen LogP contribution is 2.05. The maximum absolute atomic E-state index is 11.7. The molecule has 0 spiro atoms. The van der Waals surface area contributed by atoms with Gasteiger partial charge < -0.3 is 15.8 Å². The second-order valence-corrected chi connectivity index (χ2v) is 3.97. The number of nitrogens with two attached hydrogens (primary N) is 1. The Hall–Kier alpha value is -1.62. The Bertz CT molecular complexity index is 367. The van der Waals surface area contributed by atoms with Gasteiger partial charge in [-0.1, -0.05) is 0 Å². The summed E-state index contributed by atoms with van der Waals surface area (Å²) < 4.78 is 5.36. The molecule has 5 nitrogen and oxygen atoms in total. The van der Waals surface area contributed by atoms with Gasteiger partial charge in [-0.05, 0) is 32.4 Å². The summed E-state index contributed by atoms with van der Waals surface area (Å²) >= 11 is 0. The summed E-state index contributed by atoms with van der Waals surface area (Å²) in [6.07, 6.45) is 2.56. The van der Waals surface area contributed by atoms with Crippen LogP contribution in [0.4, 0.5) is 5.82 Å². The first-order valence-corrected chi connectivity index (χ1v) is 5.71. The molecule has 0 saturated heterocycles. The van der Waals surface area contributed by atoms with Crippen LogP contribution in [-0.4, -0.2) is 30.1 Å². The Morgan fingerprint density at radius 2 is 2.35 bits per heavy atom. The van der Waals surface area contributed by atoms with Crippen molar-refractivity contribution in [3.05, 3.63) is 23.9 Å². The number of rotatable bonds is 6. The van der Waals surface area contributed by atoms with Crippen molar-refractivity contribution in [2.45, 2.75) is 26.4 Å². The predicted octanol–water partition coefficient (Wildman–Crippen LogP) is 1.21. The van der Waals surface area contributed by atoms with Crippen molar-refractivity contribution >= 4 is 11.7 Å². The zero-order valence-corrected chi connectivity index (χ0v) is 10.3. The molecule has 5 heteroatoms. The maximum Gasteiger partial charge on any atom is 0.255 e. The fourth-order valence-electron chi connectivity index (χ4n) is 1.30. The van der Waals surface area contributed by atoms with Crippen molar-refractivity contribution in [3.63, 3.8) is 0 Å². The minimum Gasteiger partial charge on any atom is -0.383 e. The van der Waals surface area contributed by atoms with Crippen molar-refractivity contribution in [2.24, 2.45) is 0 Å². The van der Waals surface area contributed by atoms with E-state index in [4.69, 9.17) is 10.5 Å². The minimum absolute atomic E-state index is 0.194. The average molecular weight is 237 g/mol. The third kappa shape index (κ3) is 4.82. The van der Waals surface area contributed by atoms with E-state index in [0.29, 0.717) is 18.7 Å². The molecule has 1 amide bonds. The number of ether oxygens (including phenoxy) is 1. The topological polar surface area (TPSA) is 77.2 Å². The number of nitrogens with one attached hydrogen (secondary N) is 1. The van der Waals surface area contributed by atoms with Gasteiger partial charge in [0, 0.05) is 19.3 Å². The van der Waals surface area contributed by atoms with Crippen LogP contribution in [0.1, 0.15) is 30.6 Å². The highest BCUT2D eigenvalue weighted by molar-refractivity contribution is 5.98. The normalized spacial score (nSPS) is 10.5. The van der Waals surface area contributed by atoms with E-state index in [1.165, 1.54) is 0 Å². The lowest BCUT2D eigenvalue weighted by Crippen LogP contribution is -2.26. The Morgan fingerprint density at radius 3 is 3.00 bits per heavy atom.